The Morgan fingerprint density at radius 3 is 2.20 bits per heavy atom. The highest BCUT2D eigenvalue weighted by molar-refractivity contribution is 7.59. The first kappa shape index (κ1) is 28.8. The molecule has 35 heavy (non-hydrogen) atoms. The SMILES string of the molecule is CCCC(C)OP(=O)(OC(C)CCC)C1=C(c2cccc([N+](=O)[O-])c2)C(C(=O)O)=C(C)N(C)C1C. The number of carboxylic acids is 1. The molecule has 0 aliphatic carbocycles. The lowest BCUT2D eigenvalue weighted by Gasteiger charge is -2.40. The van der Waals surface area contributed by atoms with Crippen molar-refractivity contribution in [3.05, 3.63) is 56.5 Å². The average molecular weight is 509 g/mol. The van der Waals surface area contributed by atoms with Gasteiger partial charge in [-0.2, -0.15) is 0 Å². The molecule has 1 aromatic carbocycles. The van der Waals surface area contributed by atoms with Crippen LogP contribution >= 0.6 is 7.60 Å². The van der Waals surface area contributed by atoms with E-state index < -0.39 is 36.7 Å². The second kappa shape index (κ2) is 12.0. The number of likely N-dealkylation sites (N-methyl/N-ethyl adjacent to an activating group) is 1. The molecule has 9 nitrogen and oxygen atoms in total. The molecule has 0 spiro atoms. The lowest BCUT2D eigenvalue weighted by molar-refractivity contribution is -0.384. The number of nitro groups is 1. The fourth-order valence-electron chi connectivity index (χ4n) is 4.39. The number of carboxylic acid groups (broad SMARTS) is 1. The Morgan fingerprint density at radius 2 is 1.74 bits per heavy atom. The van der Waals surface area contributed by atoms with E-state index in [1.807, 2.05) is 34.6 Å². The summed E-state index contributed by atoms with van der Waals surface area (Å²) in [5.74, 6) is -1.23. The zero-order valence-electron chi connectivity index (χ0n) is 21.6. The number of nitrogens with zero attached hydrogens (tertiary/aromatic N) is 2. The standard InChI is InChI=1S/C25H37N2O7P/c1-8-11-16(3)33-35(32,34-17(4)12-9-2)24-19(6)26(7)18(5)22(25(28)29)23(24)20-13-10-14-21(15-20)27(30)31/h10,13-17,19H,8-9,11-12H2,1-7H3,(H,28,29). The lowest BCUT2D eigenvalue weighted by Crippen LogP contribution is -2.36. The Balaban J connectivity index is 2.95. The molecule has 3 unspecified atom stereocenters. The molecule has 1 aliphatic rings. The first-order valence-corrected chi connectivity index (χ1v) is 13.6. The second-order valence-corrected chi connectivity index (χ2v) is 10.9. The molecule has 10 heteroatoms. The van der Waals surface area contributed by atoms with Gasteiger partial charge in [0.05, 0.1) is 34.1 Å². The highest BCUT2D eigenvalue weighted by Gasteiger charge is 2.45. The van der Waals surface area contributed by atoms with Gasteiger partial charge in [0.15, 0.2) is 0 Å². The summed E-state index contributed by atoms with van der Waals surface area (Å²) in [5, 5.41) is 21.9. The van der Waals surface area contributed by atoms with Crippen molar-refractivity contribution in [2.45, 2.75) is 85.5 Å². The van der Waals surface area contributed by atoms with Crippen molar-refractivity contribution in [2.75, 3.05) is 7.05 Å². The van der Waals surface area contributed by atoms with Crippen LogP contribution in [0.1, 0.15) is 72.8 Å². The summed E-state index contributed by atoms with van der Waals surface area (Å²) in [7, 11) is -2.33. The zero-order chi connectivity index (χ0) is 26.5. The van der Waals surface area contributed by atoms with Gasteiger partial charge in [-0.05, 0) is 46.1 Å². The van der Waals surface area contributed by atoms with Gasteiger partial charge in [-0.3, -0.25) is 14.7 Å². The number of allylic oxidation sites excluding steroid dienone is 1. The van der Waals surface area contributed by atoms with E-state index in [1.165, 1.54) is 18.2 Å². The topological polar surface area (TPSA) is 119 Å². The van der Waals surface area contributed by atoms with E-state index in [0.717, 1.165) is 12.8 Å². The molecular weight excluding hydrogens is 471 g/mol. The number of hydrogen-bond donors (Lipinski definition) is 1. The van der Waals surface area contributed by atoms with Crippen molar-refractivity contribution < 1.29 is 28.4 Å². The molecule has 1 aliphatic heterocycles. The molecule has 0 saturated carbocycles. The maximum atomic E-state index is 14.7. The molecule has 0 aromatic heterocycles. The molecule has 0 radical (unpaired) electrons. The van der Waals surface area contributed by atoms with Crippen LogP contribution in [-0.4, -0.2) is 46.2 Å². The Morgan fingerprint density at radius 1 is 1.20 bits per heavy atom. The van der Waals surface area contributed by atoms with E-state index in [-0.39, 0.29) is 27.7 Å². The number of rotatable bonds is 12. The van der Waals surface area contributed by atoms with Gasteiger partial charge in [0.1, 0.15) is 0 Å². The Hall–Kier alpha value is -2.48. The largest absolute Gasteiger partial charge is 0.478 e. The van der Waals surface area contributed by atoms with Gasteiger partial charge >= 0.3 is 13.6 Å². The third-order valence-electron chi connectivity index (χ3n) is 6.26. The summed E-state index contributed by atoms with van der Waals surface area (Å²) >= 11 is 0. The van der Waals surface area contributed by atoms with Crippen LogP contribution < -0.4 is 0 Å². The first-order valence-electron chi connectivity index (χ1n) is 12.0. The molecule has 3 atom stereocenters. The number of hydrogen-bond acceptors (Lipinski definition) is 7. The third kappa shape index (κ3) is 6.40. The van der Waals surface area contributed by atoms with Crippen molar-refractivity contribution >= 4 is 24.8 Å². The van der Waals surface area contributed by atoms with Crippen LogP contribution in [0.5, 0.6) is 0 Å². The van der Waals surface area contributed by atoms with Crippen LogP contribution in [-0.2, 0) is 18.4 Å². The lowest BCUT2D eigenvalue weighted by atomic mass is 9.90. The predicted octanol–water partition coefficient (Wildman–Crippen LogP) is 6.60. The minimum atomic E-state index is -4.05. The van der Waals surface area contributed by atoms with Gasteiger partial charge < -0.3 is 19.1 Å². The van der Waals surface area contributed by atoms with Crippen LogP contribution in [0.3, 0.4) is 0 Å². The molecule has 194 valence electrons. The summed E-state index contributed by atoms with van der Waals surface area (Å²) in [6.45, 7) is 11.1. The van der Waals surface area contributed by atoms with Gasteiger partial charge in [0.25, 0.3) is 5.69 Å². The first-order chi connectivity index (χ1) is 16.4. The van der Waals surface area contributed by atoms with E-state index in [0.29, 0.717) is 18.5 Å². The van der Waals surface area contributed by atoms with Gasteiger partial charge in [-0.25, -0.2) is 4.79 Å². The van der Waals surface area contributed by atoms with Crippen molar-refractivity contribution in [3.8, 4) is 0 Å². The maximum Gasteiger partial charge on any atom is 0.360 e. The molecule has 0 bridgehead atoms. The van der Waals surface area contributed by atoms with Crippen LogP contribution in [0.4, 0.5) is 5.69 Å². The third-order valence-corrected chi connectivity index (χ3v) is 8.72. The number of non-ortho nitro benzene ring substituents is 1. The minimum absolute atomic E-state index is 0.0835. The average Bonchev–Trinajstić information content (AvgIpc) is 2.76. The summed E-state index contributed by atoms with van der Waals surface area (Å²) in [6.07, 6.45) is 2.07. The van der Waals surface area contributed by atoms with Crippen molar-refractivity contribution in [1.82, 2.24) is 4.90 Å². The highest BCUT2D eigenvalue weighted by atomic mass is 31.2. The van der Waals surface area contributed by atoms with Crippen LogP contribution in [0, 0.1) is 10.1 Å². The second-order valence-electron chi connectivity index (χ2n) is 9.03. The van der Waals surface area contributed by atoms with Crippen molar-refractivity contribution in [2.24, 2.45) is 0 Å². The molecule has 1 aromatic rings. The van der Waals surface area contributed by atoms with Crippen LogP contribution in [0.15, 0.2) is 40.8 Å². The summed E-state index contributed by atoms with van der Waals surface area (Å²) in [6, 6.07) is 5.17. The van der Waals surface area contributed by atoms with E-state index in [9.17, 15) is 24.6 Å². The summed E-state index contributed by atoms with van der Waals surface area (Å²) < 4.78 is 27.0. The van der Waals surface area contributed by atoms with Gasteiger partial charge in [-0.15, -0.1) is 0 Å². The monoisotopic (exact) mass is 508 g/mol. The quantitative estimate of drug-likeness (QED) is 0.190. The minimum Gasteiger partial charge on any atom is -0.478 e. The van der Waals surface area contributed by atoms with E-state index in [4.69, 9.17) is 9.05 Å². The van der Waals surface area contributed by atoms with Crippen LogP contribution in [0.25, 0.3) is 5.57 Å². The number of aliphatic carboxylic acids is 1. The molecule has 1 N–H and O–H groups in total. The normalized spacial score (nSPS) is 20.0. The van der Waals surface area contributed by atoms with E-state index >= 15 is 0 Å². The Labute approximate surface area is 207 Å². The number of benzene rings is 1. The van der Waals surface area contributed by atoms with Crippen molar-refractivity contribution in [3.63, 3.8) is 0 Å². The Bertz CT molecular complexity index is 1050. The van der Waals surface area contributed by atoms with E-state index in [1.54, 1.807) is 24.9 Å². The van der Waals surface area contributed by atoms with Crippen molar-refractivity contribution in [1.29, 1.82) is 0 Å². The zero-order valence-corrected chi connectivity index (χ0v) is 22.5. The van der Waals surface area contributed by atoms with Crippen LogP contribution in [0.2, 0.25) is 0 Å². The van der Waals surface area contributed by atoms with Gasteiger partial charge in [0.2, 0.25) is 0 Å². The summed E-state index contributed by atoms with van der Waals surface area (Å²) in [5.41, 5.74) is 0.605. The predicted molar refractivity (Wildman–Crippen MR) is 136 cm³/mol. The van der Waals surface area contributed by atoms with E-state index in [2.05, 4.69) is 0 Å². The van der Waals surface area contributed by atoms with Gasteiger partial charge in [-0.1, -0.05) is 38.8 Å². The molecule has 1 heterocycles. The fraction of sp³-hybridized carbons (Fsp3) is 0.560. The number of nitro benzene ring substituents is 1. The molecule has 2 rings (SSSR count). The molecule has 0 fully saturated rings. The Kier molecular flexibility index (Phi) is 9.84. The molecule has 0 saturated heterocycles. The molecular formula is C25H37N2O7P. The highest BCUT2D eigenvalue weighted by Crippen LogP contribution is 2.64. The maximum absolute atomic E-state index is 14.7. The fourth-order valence-corrected chi connectivity index (χ4v) is 6.97. The summed E-state index contributed by atoms with van der Waals surface area (Å²) in [4.78, 5) is 25.2. The molecule has 0 amide bonds. The van der Waals surface area contributed by atoms with Gasteiger partial charge in [0, 0.05) is 30.5 Å². The smallest absolute Gasteiger partial charge is 0.360 e. The number of carbonyl (C=O) groups is 1.